The van der Waals surface area contributed by atoms with Crippen LogP contribution in [0.25, 0.3) is 31.3 Å². The van der Waals surface area contributed by atoms with E-state index in [0.717, 1.165) is 6.42 Å². The SMILES string of the molecule is Cc1cc2c(cc1N1c3cc4c(cc3B3c5ccc6c(sc7cc8c(cc76)C(C)(C)CCC8(C)C)c5N(c5cc6c(cc5C)C(C)(C)CCC6(C)C)c5cc(-c6ccccc6)cc1c53)C(C)(C)CC4(C)C)C(C)(C)CCC2(C)C. The number of hydrogen-bond acceptors (Lipinski definition) is 3. The van der Waals surface area contributed by atoms with E-state index in [1.807, 2.05) is 0 Å². The number of rotatable bonds is 3. The number of nitrogens with zero attached hydrogens (tertiary/aromatic N) is 2. The highest BCUT2D eigenvalue weighted by Crippen LogP contribution is 2.58. The number of aryl methyl sites for hydroxylation is 2. The zero-order valence-corrected chi connectivity index (χ0v) is 52.0. The quantitative estimate of drug-likeness (QED) is 0.163. The van der Waals surface area contributed by atoms with E-state index in [2.05, 4.69) is 249 Å². The molecule has 0 fully saturated rings. The van der Waals surface area contributed by atoms with Crippen molar-refractivity contribution in [3.8, 4) is 11.1 Å². The van der Waals surface area contributed by atoms with Crippen LogP contribution >= 0.6 is 11.3 Å². The molecule has 7 aromatic carbocycles. The summed E-state index contributed by atoms with van der Waals surface area (Å²) in [7, 11) is 0. The third-order valence-electron chi connectivity index (χ3n) is 22.0. The molecule has 2 nitrogen and oxygen atoms in total. The molecule has 0 saturated carbocycles. The lowest BCUT2D eigenvalue weighted by Crippen LogP contribution is -2.61. The molecule has 8 aromatic rings. The Balaban J connectivity index is 1.16. The summed E-state index contributed by atoms with van der Waals surface area (Å²) in [4.78, 5) is 5.61. The zero-order chi connectivity index (χ0) is 55.8. The fourth-order valence-corrected chi connectivity index (χ4v) is 18.3. The molecule has 0 bridgehead atoms. The average Bonchev–Trinajstić information content (AvgIpc) is 3.15. The average molecular weight is 1060 g/mol. The molecular formula is C75H85BN2S. The van der Waals surface area contributed by atoms with Gasteiger partial charge in [-0.05, 0) is 228 Å². The standard InChI is InChI=1S/C75H85BN2S/c1-43-32-49-53(71(9,10)29-26-68(49,3)4)38-59(43)77-61-40-55-52(74(15,16)42-75(55,17)18)37-58(61)76-57-25-24-47-48-36-51-56(73(13,14)31-28-70(51,7)8)41-64(48)79-67(47)66(57)78(63-35-46(34-62(77)65(63)76)45-22-20-19-21-23-45)60-39-54-50(33-44(60)2)69(5,6)27-30-72(54,11)12/h19-25,32-41H,26-31,42H2,1-18H3. The maximum Gasteiger partial charge on any atom is 0.252 e. The van der Waals surface area contributed by atoms with Gasteiger partial charge in [0.2, 0.25) is 0 Å². The Bertz CT molecular complexity index is 3980. The third-order valence-corrected chi connectivity index (χ3v) is 23.2. The van der Waals surface area contributed by atoms with Crippen LogP contribution in [0.1, 0.15) is 211 Å². The van der Waals surface area contributed by atoms with E-state index in [-0.39, 0.29) is 50.0 Å². The normalized spacial score (nSPS) is 21.4. The van der Waals surface area contributed by atoms with Crippen molar-refractivity contribution < 1.29 is 0 Å². The van der Waals surface area contributed by atoms with Crippen molar-refractivity contribution in [2.24, 2.45) is 0 Å². The van der Waals surface area contributed by atoms with E-state index in [9.17, 15) is 0 Å². The van der Waals surface area contributed by atoms with Gasteiger partial charge in [0.05, 0.1) is 10.4 Å². The van der Waals surface area contributed by atoms with Crippen LogP contribution in [-0.2, 0) is 43.3 Å². The maximum atomic E-state index is 2.82. The highest BCUT2D eigenvalue weighted by molar-refractivity contribution is 7.26. The van der Waals surface area contributed by atoms with Crippen molar-refractivity contribution in [1.29, 1.82) is 0 Å². The molecule has 0 amide bonds. The Labute approximate surface area is 478 Å². The Kier molecular flexibility index (Phi) is 10.5. The number of hydrogen-bond donors (Lipinski definition) is 0. The van der Waals surface area contributed by atoms with Crippen molar-refractivity contribution >= 4 is 88.7 Å². The second kappa shape index (κ2) is 16.1. The van der Waals surface area contributed by atoms with Crippen molar-refractivity contribution in [1.82, 2.24) is 0 Å². The second-order valence-corrected chi connectivity index (χ2v) is 32.4. The van der Waals surface area contributed by atoms with E-state index < -0.39 is 0 Å². The van der Waals surface area contributed by atoms with E-state index in [0.29, 0.717) is 0 Å². The van der Waals surface area contributed by atoms with Crippen molar-refractivity contribution in [3.63, 3.8) is 0 Å². The van der Waals surface area contributed by atoms with Gasteiger partial charge in [-0.3, -0.25) is 0 Å². The topological polar surface area (TPSA) is 6.48 Å². The molecule has 0 unspecified atom stereocenters. The number of thiophene rings is 1. The highest BCUT2D eigenvalue weighted by atomic mass is 32.1. The Hall–Kier alpha value is -5.58. The summed E-state index contributed by atoms with van der Waals surface area (Å²) in [6.45, 7) is 44.8. The second-order valence-electron chi connectivity index (χ2n) is 31.3. The Morgan fingerprint density at radius 2 is 0.797 bits per heavy atom. The van der Waals surface area contributed by atoms with Gasteiger partial charge < -0.3 is 9.80 Å². The lowest BCUT2D eigenvalue weighted by atomic mass is 9.33. The van der Waals surface area contributed by atoms with Crippen molar-refractivity contribution in [2.75, 3.05) is 9.80 Å². The lowest BCUT2D eigenvalue weighted by molar-refractivity contribution is 0.332. The lowest BCUT2D eigenvalue weighted by Gasteiger charge is -2.47. The molecule has 1 aromatic heterocycles. The summed E-state index contributed by atoms with van der Waals surface area (Å²) in [6.07, 6.45) is 8.26. The molecule has 14 rings (SSSR count). The molecule has 0 spiro atoms. The van der Waals surface area contributed by atoms with Gasteiger partial charge in [0, 0.05) is 43.9 Å². The minimum Gasteiger partial charge on any atom is -0.311 e. The van der Waals surface area contributed by atoms with Crippen LogP contribution in [0.2, 0.25) is 0 Å². The minimum absolute atomic E-state index is 0.000523. The van der Waals surface area contributed by atoms with E-state index in [1.165, 1.54) is 176 Å². The molecule has 4 aliphatic carbocycles. The first-order valence-corrected chi connectivity index (χ1v) is 31.1. The van der Waals surface area contributed by atoms with Crippen LogP contribution in [-0.4, -0.2) is 6.71 Å². The molecule has 404 valence electrons. The predicted molar refractivity (Wildman–Crippen MR) is 345 cm³/mol. The molecule has 2 aliphatic heterocycles. The van der Waals surface area contributed by atoms with Crippen molar-refractivity contribution in [3.05, 3.63) is 159 Å². The molecular weight excluding hydrogens is 972 g/mol. The highest BCUT2D eigenvalue weighted by Gasteiger charge is 2.50. The summed E-state index contributed by atoms with van der Waals surface area (Å²) in [5, 5.41) is 2.79. The van der Waals surface area contributed by atoms with Gasteiger partial charge >= 0.3 is 0 Å². The summed E-state index contributed by atoms with van der Waals surface area (Å²) < 4.78 is 2.81. The van der Waals surface area contributed by atoms with Crippen LogP contribution in [0.15, 0.2) is 103 Å². The first-order valence-electron chi connectivity index (χ1n) is 30.3. The van der Waals surface area contributed by atoms with Gasteiger partial charge in [0.25, 0.3) is 6.71 Å². The summed E-state index contributed by atoms with van der Waals surface area (Å²) in [5.74, 6) is 0. The first kappa shape index (κ1) is 51.6. The molecule has 0 atom stereocenters. The predicted octanol–water partition coefficient (Wildman–Crippen LogP) is 19.4. The van der Waals surface area contributed by atoms with E-state index >= 15 is 0 Å². The summed E-state index contributed by atoms with van der Waals surface area (Å²) in [5.41, 5.74) is 30.1. The maximum absolute atomic E-state index is 2.82. The number of fused-ring (bicyclic) bond motifs is 12. The van der Waals surface area contributed by atoms with Crippen LogP contribution < -0.4 is 26.2 Å². The van der Waals surface area contributed by atoms with Crippen LogP contribution in [0.4, 0.5) is 34.1 Å². The smallest absolute Gasteiger partial charge is 0.252 e. The summed E-state index contributed by atoms with van der Waals surface area (Å²) in [6, 6.07) is 42.9. The monoisotopic (exact) mass is 1060 g/mol. The van der Waals surface area contributed by atoms with Gasteiger partial charge in [0.15, 0.2) is 0 Å². The Morgan fingerprint density at radius 3 is 1.33 bits per heavy atom. The van der Waals surface area contributed by atoms with Gasteiger partial charge in [-0.2, -0.15) is 0 Å². The van der Waals surface area contributed by atoms with Crippen LogP contribution in [0.3, 0.4) is 0 Å². The van der Waals surface area contributed by atoms with E-state index in [4.69, 9.17) is 0 Å². The fraction of sp³-hybridized carbons (Fsp3) is 0.440. The van der Waals surface area contributed by atoms with Gasteiger partial charge in [-0.25, -0.2) is 0 Å². The van der Waals surface area contributed by atoms with Crippen LogP contribution in [0, 0.1) is 13.8 Å². The molecule has 3 heterocycles. The molecule has 0 radical (unpaired) electrons. The Morgan fingerprint density at radius 1 is 0.367 bits per heavy atom. The van der Waals surface area contributed by atoms with Crippen molar-refractivity contribution in [2.45, 2.75) is 213 Å². The first-order chi connectivity index (χ1) is 36.9. The number of benzene rings is 7. The fourth-order valence-electron chi connectivity index (χ4n) is 17.0. The summed E-state index contributed by atoms with van der Waals surface area (Å²) >= 11 is 2.05. The van der Waals surface area contributed by atoms with Gasteiger partial charge in [-0.1, -0.05) is 171 Å². The van der Waals surface area contributed by atoms with Gasteiger partial charge in [0.1, 0.15) is 0 Å². The third kappa shape index (κ3) is 7.26. The largest absolute Gasteiger partial charge is 0.311 e. The molecule has 4 heteroatoms. The van der Waals surface area contributed by atoms with Gasteiger partial charge in [-0.15, -0.1) is 11.3 Å². The molecule has 0 N–H and O–H groups in total. The molecule has 79 heavy (non-hydrogen) atoms. The molecule has 0 saturated heterocycles. The minimum atomic E-state index is -0.000523. The molecule has 6 aliphatic rings. The van der Waals surface area contributed by atoms with E-state index in [1.54, 1.807) is 0 Å². The zero-order valence-electron chi connectivity index (χ0n) is 51.1. The number of anilines is 6. The van der Waals surface area contributed by atoms with Crippen LogP contribution in [0.5, 0.6) is 0 Å².